The first-order chi connectivity index (χ1) is 10.1. The summed E-state index contributed by atoms with van der Waals surface area (Å²) in [6.07, 6.45) is 2.05. The van der Waals surface area contributed by atoms with Crippen molar-refractivity contribution >= 4 is 39.2 Å². The standard InChI is InChI=1S/C15H15N3OS2/c1-15(9-16,10-6-7-10)18-13(19)8-20-14-17-11-4-2-3-5-12(11)21-14/h2-5,10H,6-8H2,1H3,(H,18,19). The number of amides is 1. The second-order valence-electron chi connectivity index (χ2n) is 5.37. The minimum Gasteiger partial charge on any atom is -0.337 e. The van der Waals surface area contributed by atoms with Crippen LogP contribution in [0.25, 0.3) is 10.2 Å². The molecule has 1 aromatic heterocycles. The minimum absolute atomic E-state index is 0.102. The number of thioether (sulfide) groups is 1. The highest BCUT2D eigenvalue weighted by molar-refractivity contribution is 8.01. The van der Waals surface area contributed by atoms with Crippen LogP contribution in [-0.2, 0) is 4.79 Å². The molecule has 1 unspecified atom stereocenters. The fourth-order valence-electron chi connectivity index (χ4n) is 2.25. The SMILES string of the molecule is CC(C#N)(NC(=O)CSc1nc2ccccc2s1)C1CC1. The molecule has 1 fully saturated rings. The molecule has 2 aromatic rings. The minimum atomic E-state index is -0.717. The van der Waals surface area contributed by atoms with Crippen LogP contribution in [0.1, 0.15) is 19.8 Å². The summed E-state index contributed by atoms with van der Waals surface area (Å²) < 4.78 is 2.01. The lowest BCUT2D eigenvalue weighted by Gasteiger charge is -2.22. The quantitative estimate of drug-likeness (QED) is 0.860. The van der Waals surface area contributed by atoms with Gasteiger partial charge in [0.05, 0.1) is 22.0 Å². The van der Waals surface area contributed by atoms with E-state index in [0.717, 1.165) is 27.4 Å². The summed E-state index contributed by atoms with van der Waals surface area (Å²) in [6, 6.07) is 10.2. The maximum Gasteiger partial charge on any atom is 0.231 e. The Morgan fingerprint density at radius 1 is 1.57 bits per heavy atom. The number of aromatic nitrogens is 1. The van der Waals surface area contributed by atoms with Gasteiger partial charge >= 0.3 is 0 Å². The van der Waals surface area contributed by atoms with Gasteiger partial charge in [0.2, 0.25) is 5.91 Å². The van der Waals surface area contributed by atoms with Gasteiger partial charge < -0.3 is 5.32 Å². The van der Waals surface area contributed by atoms with E-state index in [4.69, 9.17) is 0 Å². The Bertz CT molecular complexity index is 684. The zero-order valence-corrected chi connectivity index (χ0v) is 13.3. The van der Waals surface area contributed by atoms with Crippen molar-refractivity contribution in [1.29, 1.82) is 5.26 Å². The van der Waals surface area contributed by atoms with E-state index < -0.39 is 5.54 Å². The number of carbonyl (C=O) groups is 1. The zero-order chi connectivity index (χ0) is 14.9. The predicted molar refractivity (Wildman–Crippen MR) is 85.2 cm³/mol. The molecule has 1 heterocycles. The highest BCUT2D eigenvalue weighted by Crippen LogP contribution is 2.39. The fraction of sp³-hybridized carbons (Fsp3) is 0.400. The van der Waals surface area contributed by atoms with Gasteiger partial charge in [-0.05, 0) is 37.8 Å². The van der Waals surface area contributed by atoms with Crippen LogP contribution in [0.3, 0.4) is 0 Å². The summed E-state index contributed by atoms with van der Waals surface area (Å²) >= 11 is 3.01. The summed E-state index contributed by atoms with van der Waals surface area (Å²) in [7, 11) is 0. The van der Waals surface area contributed by atoms with Gasteiger partial charge in [-0.15, -0.1) is 11.3 Å². The lowest BCUT2D eigenvalue weighted by molar-refractivity contribution is -0.119. The van der Waals surface area contributed by atoms with E-state index in [1.807, 2.05) is 31.2 Å². The average Bonchev–Trinajstić information content (AvgIpc) is 3.25. The number of nitrogens with zero attached hydrogens (tertiary/aromatic N) is 2. The number of thiazole rings is 1. The number of nitriles is 1. The lowest BCUT2D eigenvalue weighted by atomic mass is 9.98. The normalized spacial score (nSPS) is 17.1. The highest BCUT2D eigenvalue weighted by Gasteiger charge is 2.42. The van der Waals surface area contributed by atoms with E-state index in [-0.39, 0.29) is 5.91 Å². The van der Waals surface area contributed by atoms with Crippen molar-refractivity contribution in [3.63, 3.8) is 0 Å². The summed E-state index contributed by atoms with van der Waals surface area (Å²) in [5.74, 6) is 0.498. The average molecular weight is 317 g/mol. The molecule has 1 saturated carbocycles. The van der Waals surface area contributed by atoms with Crippen LogP contribution in [0.15, 0.2) is 28.6 Å². The summed E-state index contributed by atoms with van der Waals surface area (Å²) in [5, 5.41) is 12.1. The predicted octanol–water partition coefficient (Wildman–Crippen LogP) is 3.20. The third-order valence-corrected chi connectivity index (χ3v) is 5.81. The van der Waals surface area contributed by atoms with Crippen molar-refractivity contribution in [3.8, 4) is 6.07 Å². The van der Waals surface area contributed by atoms with Crippen LogP contribution in [0, 0.1) is 17.2 Å². The van der Waals surface area contributed by atoms with Gasteiger partial charge in [0, 0.05) is 0 Å². The molecule has 0 spiro atoms. The van der Waals surface area contributed by atoms with E-state index in [2.05, 4.69) is 16.4 Å². The Hall–Kier alpha value is -1.58. The molecule has 0 saturated heterocycles. The Morgan fingerprint density at radius 2 is 2.33 bits per heavy atom. The van der Waals surface area contributed by atoms with Gasteiger partial charge in [0.25, 0.3) is 0 Å². The van der Waals surface area contributed by atoms with Gasteiger partial charge in [-0.25, -0.2) is 4.98 Å². The van der Waals surface area contributed by atoms with Crippen LogP contribution in [0.4, 0.5) is 0 Å². The van der Waals surface area contributed by atoms with E-state index in [9.17, 15) is 10.1 Å². The Morgan fingerprint density at radius 3 is 3.00 bits per heavy atom. The van der Waals surface area contributed by atoms with Gasteiger partial charge in [-0.3, -0.25) is 4.79 Å². The monoisotopic (exact) mass is 317 g/mol. The first-order valence-electron chi connectivity index (χ1n) is 6.81. The van der Waals surface area contributed by atoms with Gasteiger partial charge in [-0.2, -0.15) is 5.26 Å². The number of para-hydroxylation sites is 1. The summed E-state index contributed by atoms with van der Waals surface area (Å²) in [5.41, 5.74) is 0.246. The third-order valence-electron chi connectivity index (χ3n) is 3.63. The van der Waals surface area contributed by atoms with E-state index in [1.165, 1.54) is 11.8 Å². The Labute approximate surface area is 131 Å². The summed E-state index contributed by atoms with van der Waals surface area (Å²) in [6.45, 7) is 1.81. The highest BCUT2D eigenvalue weighted by atomic mass is 32.2. The molecule has 0 bridgehead atoms. The molecule has 3 rings (SSSR count). The maximum atomic E-state index is 12.0. The van der Waals surface area contributed by atoms with Crippen molar-refractivity contribution in [2.45, 2.75) is 29.6 Å². The largest absolute Gasteiger partial charge is 0.337 e. The number of fused-ring (bicyclic) bond motifs is 1. The molecule has 1 aromatic carbocycles. The lowest BCUT2D eigenvalue weighted by Crippen LogP contribution is -2.47. The maximum absolute atomic E-state index is 12.0. The van der Waals surface area contributed by atoms with Crippen molar-refractivity contribution in [1.82, 2.24) is 10.3 Å². The second kappa shape index (κ2) is 5.66. The number of benzene rings is 1. The molecular weight excluding hydrogens is 302 g/mol. The van der Waals surface area contributed by atoms with Gasteiger partial charge in [-0.1, -0.05) is 23.9 Å². The van der Waals surface area contributed by atoms with Crippen molar-refractivity contribution in [2.75, 3.05) is 5.75 Å². The van der Waals surface area contributed by atoms with Crippen LogP contribution >= 0.6 is 23.1 Å². The number of nitrogens with one attached hydrogen (secondary N) is 1. The topological polar surface area (TPSA) is 65.8 Å². The number of rotatable bonds is 5. The Balaban J connectivity index is 1.59. The number of hydrogen-bond donors (Lipinski definition) is 1. The molecule has 0 radical (unpaired) electrons. The molecule has 1 aliphatic carbocycles. The first kappa shape index (κ1) is 14.4. The molecule has 1 atom stereocenters. The second-order valence-corrected chi connectivity index (χ2v) is 7.63. The molecule has 1 aliphatic rings. The fourth-order valence-corrected chi connectivity index (χ4v) is 4.12. The van der Waals surface area contributed by atoms with Gasteiger partial charge in [0.15, 0.2) is 4.34 Å². The molecule has 21 heavy (non-hydrogen) atoms. The van der Waals surface area contributed by atoms with Crippen LogP contribution in [0.2, 0.25) is 0 Å². The molecule has 1 amide bonds. The number of carbonyl (C=O) groups excluding carboxylic acids is 1. The van der Waals surface area contributed by atoms with E-state index in [0.29, 0.717) is 11.7 Å². The van der Waals surface area contributed by atoms with Crippen molar-refractivity contribution in [2.24, 2.45) is 5.92 Å². The molecule has 6 heteroatoms. The first-order valence-corrected chi connectivity index (χ1v) is 8.61. The molecular formula is C15H15N3OS2. The van der Waals surface area contributed by atoms with Gasteiger partial charge in [0.1, 0.15) is 5.54 Å². The third kappa shape index (κ3) is 3.20. The van der Waals surface area contributed by atoms with Crippen LogP contribution in [-0.4, -0.2) is 22.2 Å². The smallest absolute Gasteiger partial charge is 0.231 e. The number of hydrogen-bond acceptors (Lipinski definition) is 5. The molecule has 1 N–H and O–H groups in total. The van der Waals surface area contributed by atoms with Crippen molar-refractivity contribution in [3.05, 3.63) is 24.3 Å². The van der Waals surface area contributed by atoms with Crippen LogP contribution < -0.4 is 5.32 Å². The summed E-state index contributed by atoms with van der Waals surface area (Å²) in [4.78, 5) is 16.5. The van der Waals surface area contributed by atoms with Crippen LogP contribution in [0.5, 0.6) is 0 Å². The molecule has 108 valence electrons. The molecule has 0 aliphatic heterocycles. The Kier molecular flexibility index (Phi) is 3.87. The molecule has 4 nitrogen and oxygen atoms in total. The van der Waals surface area contributed by atoms with E-state index >= 15 is 0 Å². The van der Waals surface area contributed by atoms with E-state index in [1.54, 1.807) is 11.3 Å². The zero-order valence-electron chi connectivity index (χ0n) is 11.6. The van der Waals surface area contributed by atoms with Crippen molar-refractivity contribution < 1.29 is 4.79 Å².